The molecule has 2 aromatic heterocycles. The minimum atomic E-state index is -0.924. The first-order valence-electron chi connectivity index (χ1n) is 6.22. The molecule has 0 bridgehead atoms. The predicted molar refractivity (Wildman–Crippen MR) is 74.3 cm³/mol. The molecule has 1 N–H and O–H groups in total. The quantitative estimate of drug-likeness (QED) is 0.896. The van der Waals surface area contributed by atoms with E-state index >= 15 is 0 Å². The number of hydrogen-bond donors (Lipinski definition) is 1. The van der Waals surface area contributed by atoms with E-state index in [1.807, 2.05) is 5.38 Å². The highest BCUT2D eigenvalue weighted by Gasteiger charge is 2.28. The lowest BCUT2D eigenvalue weighted by Crippen LogP contribution is -2.50. The summed E-state index contributed by atoms with van der Waals surface area (Å²) in [5, 5.41) is 11.3. The lowest BCUT2D eigenvalue weighted by atomic mass is 10.2. The Hall–Kier alpha value is -1.60. The van der Waals surface area contributed by atoms with Gasteiger partial charge < -0.3 is 14.9 Å². The maximum absolute atomic E-state index is 11.5. The summed E-state index contributed by atoms with van der Waals surface area (Å²) in [6.45, 7) is 4.68. The zero-order valence-electron chi connectivity index (χ0n) is 10.9. The number of anilines is 1. The van der Waals surface area contributed by atoms with Crippen LogP contribution in [-0.4, -0.2) is 58.1 Å². The maximum Gasteiger partial charge on any atom is 0.356 e. The minimum Gasteiger partial charge on any atom is -0.476 e. The van der Waals surface area contributed by atoms with E-state index in [0.29, 0.717) is 11.9 Å². The zero-order chi connectivity index (χ0) is 13.6. The topological polar surface area (TPSA) is 61.1 Å². The van der Waals surface area contributed by atoms with Crippen molar-refractivity contribution in [3.05, 3.63) is 17.3 Å². The van der Waals surface area contributed by atoms with Gasteiger partial charge in [-0.15, -0.1) is 11.3 Å². The summed E-state index contributed by atoms with van der Waals surface area (Å²) >= 11 is 1.46. The summed E-state index contributed by atoms with van der Waals surface area (Å²) in [5.41, 5.74) is 0.271. The first-order valence-corrected chi connectivity index (χ1v) is 7.10. The zero-order valence-corrected chi connectivity index (χ0v) is 11.7. The maximum atomic E-state index is 11.5. The number of rotatable bonds is 2. The Kier molecular flexibility index (Phi) is 2.94. The SMILES string of the molecule is CC1CN(c2nc3sccn3c2C(=O)O)CCN1C. The summed E-state index contributed by atoms with van der Waals surface area (Å²) in [6, 6.07) is 0.398. The van der Waals surface area contributed by atoms with Crippen LogP contribution < -0.4 is 4.90 Å². The molecule has 0 radical (unpaired) electrons. The van der Waals surface area contributed by atoms with Gasteiger partial charge in [-0.2, -0.15) is 0 Å². The molecule has 0 saturated carbocycles. The number of carbonyl (C=O) groups is 1. The fourth-order valence-electron chi connectivity index (χ4n) is 2.43. The van der Waals surface area contributed by atoms with Gasteiger partial charge in [-0.1, -0.05) is 0 Å². The van der Waals surface area contributed by atoms with Crippen LogP contribution in [0.5, 0.6) is 0 Å². The second-order valence-corrected chi connectivity index (χ2v) is 5.79. The third-order valence-electron chi connectivity index (χ3n) is 3.71. The van der Waals surface area contributed by atoms with Crippen LogP contribution in [0.25, 0.3) is 4.96 Å². The number of carboxylic acids is 1. The number of hydrogen-bond acceptors (Lipinski definition) is 5. The molecule has 0 spiro atoms. The second-order valence-electron chi connectivity index (χ2n) is 4.92. The first-order chi connectivity index (χ1) is 9.08. The first kappa shape index (κ1) is 12.4. The molecule has 102 valence electrons. The van der Waals surface area contributed by atoms with E-state index in [-0.39, 0.29) is 5.69 Å². The van der Waals surface area contributed by atoms with Crippen molar-refractivity contribution in [3.63, 3.8) is 0 Å². The van der Waals surface area contributed by atoms with Crippen LogP contribution in [0.3, 0.4) is 0 Å². The fourth-order valence-corrected chi connectivity index (χ4v) is 3.14. The standard InChI is InChI=1S/C12H16N4O2S/c1-8-7-15(4-3-14(8)2)10-9(11(17)18)16-5-6-19-12(16)13-10/h5-6,8H,3-4,7H2,1-2H3,(H,17,18). The van der Waals surface area contributed by atoms with Crippen molar-refractivity contribution in [2.24, 2.45) is 0 Å². The lowest BCUT2D eigenvalue weighted by Gasteiger charge is -2.38. The third-order valence-corrected chi connectivity index (χ3v) is 4.46. The average molecular weight is 280 g/mol. The van der Waals surface area contributed by atoms with Crippen LogP contribution in [0, 0.1) is 0 Å². The molecule has 1 atom stereocenters. The Morgan fingerprint density at radius 3 is 3.00 bits per heavy atom. The highest BCUT2D eigenvalue weighted by atomic mass is 32.1. The predicted octanol–water partition coefficient (Wildman–Crippen LogP) is 1.23. The Bertz CT molecular complexity index is 620. The molecule has 0 amide bonds. The van der Waals surface area contributed by atoms with Gasteiger partial charge in [0.2, 0.25) is 0 Å². The van der Waals surface area contributed by atoms with Crippen LogP contribution in [-0.2, 0) is 0 Å². The van der Waals surface area contributed by atoms with Crippen LogP contribution in [0.15, 0.2) is 11.6 Å². The molecular formula is C12H16N4O2S. The Labute approximate surface area is 114 Å². The largest absolute Gasteiger partial charge is 0.476 e. The van der Waals surface area contributed by atoms with Crippen molar-refractivity contribution >= 4 is 28.1 Å². The molecule has 19 heavy (non-hydrogen) atoms. The number of carboxylic acid groups (broad SMARTS) is 1. The monoisotopic (exact) mass is 280 g/mol. The molecule has 0 aromatic carbocycles. The van der Waals surface area contributed by atoms with Gasteiger partial charge in [0.15, 0.2) is 16.5 Å². The van der Waals surface area contributed by atoms with Crippen molar-refractivity contribution in [2.45, 2.75) is 13.0 Å². The Balaban J connectivity index is 2.02. The van der Waals surface area contributed by atoms with Gasteiger partial charge in [0.05, 0.1) is 0 Å². The molecular weight excluding hydrogens is 264 g/mol. The summed E-state index contributed by atoms with van der Waals surface area (Å²) in [5.74, 6) is -0.327. The van der Waals surface area contributed by atoms with E-state index in [1.165, 1.54) is 11.3 Å². The highest BCUT2D eigenvalue weighted by Crippen LogP contribution is 2.26. The summed E-state index contributed by atoms with van der Waals surface area (Å²) in [7, 11) is 2.09. The fraction of sp³-hybridized carbons (Fsp3) is 0.500. The van der Waals surface area contributed by atoms with Crippen molar-refractivity contribution in [1.82, 2.24) is 14.3 Å². The summed E-state index contributed by atoms with van der Waals surface area (Å²) < 4.78 is 1.66. The van der Waals surface area contributed by atoms with Crippen LogP contribution in [0.4, 0.5) is 5.82 Å². The van der Waals surface area contributed by atoms with Gasteiger partial charge in [-0.3, -0.25) is 4.40 Å². The summed E-state index contributed by atoms with van der Waals surface area (Å²) in [6.07, 6.45) is 1.76. The smallest absolute Gasteiger partial charge is 0.356 e. The number of nitrogens with zero attached hydrogens (tertiary/aromatic N) is 4. The third kappa shape index (κ3) is 1.98. The molecule has 3 heterocycles. The second kappa shape index (κ2) is 4.50. The van der Waals surface area contributed by atoms with Crippen molar-refractivity contribution < 1.29 is 9.90 Å². The van der Waals surface area contributed by atoms with Gasteiger partial charge >= 0.3 is 5.97 Å². The number of aromatic carboxylic acids is 1. The summed E-state index contributed by atoms with van der Waals surface area (Å²) in [4.78, 5) is 21.1. The van der Waals surface area contributed by atoms with Crippen LogP contribution in [0.1, 0.15) is 17.4 Å². The molecule has 3 rings (SSSR count). The van der Waals surface area contributed by atoms with E-state index in [0.717, 1.165) is 24.6 Å². The average Bonchev–Trinajstić information content (AvgIpc) is 2.91. The van der Waals surface area contributed by atoms with E-state index in [9.17, 15) is 9.90 Å². The van der Waals surface area contributed by atoms with Gasteiger partial charge in [-0.05, 0) is 14.0 Å². The lowest BCUT2D eigenvalue weighted by molar-refractivity contribution is 0.0690. The van der Waals surface area contributed by atoms with Crippen molar-refractivity contribution in [3.8, 4) is 0 Å². The molecule has 1 unspecified atom stereocenters. The normalized spacial score (nSPS) is 21.2. The molecule has 6 nitrogen and oxygen atoms in total. The number of thiazole rings is 1. The number of likely N-dealkylation sites (N-methyl/N-ethyl adjacent to an activating group) is 1. The molecule has 1 fully saturated rings. The Morgan fingerprint density at radius 1 is 1.53 bits per heavy atom. The van der Waals surface area contributed by atoms with Crippen molar-refractivity contribution in [2.75, 3.05) is 31.6 Å². The minimum absolute atomic E-state index is 0.271. The number of imidazole rings is 1. The number of aromatic nitrogens is 2. The van der Waals surface area contributed by atoms with Crippen molar-refractivity contribution in [1.29, 1.82) is 0 Å². The molecule has 0 aliphatic carbocycles. The van der Waals surface area contributed by atoms with Gasteiger partial charge in [0, 0.05) is 37.3 Å². The molecule has 1 aliphatic rings. The van der Waals surface area contributed by atoms with E-state index in [1.54, 1.807) is 10.6 Å². The molecule has 2 aromatic rings. The Morgan fingerprint density at radius 2 is 2.32 bits per heavy atom. The van der Waals surface area contributed by atoms with Gasteiger partial charge in [0.25, 0.3) is 0 Å². The number of fused-ring (bicyclic) bond motifs is 1. The van der Waals surface area contributed by atoms with E-state index < -0.39 is 5.97 Å². The van der Waals surface area contributed by atoms with Crippen LogP contribution >= 0.6 is 11.3 Å². The van der Waals surface area contributed by atoms with Gasteiger partial charge in [-0.25, -0.2) is 9.78 Å². The molecule has 7 heteroatoms. The molecule has 1 aliphatic heterocycles. The highest BCUT2D eigenvalue weighted by molar-refractivity contribution is 7.15. The van der Waals surface area contributed by atoms with E-state index in [2.05, 4.69) is 28.8 Å². The van der Waals surface area contributed by atoms with E-state index in [4.69, 9.17) is 0 Å². The van der Waals surface area contributed by atoms with Crippen LogP contribution in [0.2, 0.25) is 0 Å². The number of piperazine rings is 1. The van der Waals surface area contributed by atoms with Gasteiger partial charge in [0.1, 0.15) is 0 Å². The molecule has 1 saturated heterocycles.